The highest BCUT2D eigenvalue weighted by Crippen LogP contribution is 2.22. The van der Waals surface area contributed by atoms with Crippen LogP contribution in [0.15, 0.2) is 41.5 Å². The van der Waals surface area contributed by atoms with E-state index in [2.05, 4.69) is 10.5 Å². The molecule has 0 spiro atoms. The molecule has 0 saturated carbocycles. The van der Waals surface area contributed by atoms with Crippen molar-refractivity contribution in [2.24, 2.45) is 5.10 Å². The first-order chi connectivity index (χ1) is 10.9. The van der Waals surface area contributed by atoms with E-state index in [0.29, 0.717) is 11.1 Å². The Labute approximate surface area is 132 Å². The molecule has 0 aromatic heterocycles. The minimum Gasteiger partial charge on any atom is -0.507 e. The average molecular weight is 313 g/mol. The first-order valence-corrected chi connectivity index (χ1v) is 6.76. The second kappa shape index (κ2) is 6.69. The fourth-order valence-corrected chi connectivity index (χ4v) is 2.03. The van der Waals surface area contributed by atoms with Gasteiger partial charge in [-0.15, -0.1) is 0 Å². The Kier molecular flexibility index (Phi) is 4.70. The van der Waals surface area contributed by atoms with E-state index in [1.54, 1.807) is 26.0 Å². The van der Waals surface area contributed by atoms with E-state index in [4.69, 9.17) is 0 Å². The highest BCUT2D eigenvalue weighted by atomic mass is 16.6. The SMILES string of the molecule is Cc1cc(C=NNC(=O)c2ccc([N+](=O)[O-])cc2)cc(C)c1O. The molecule has 7 nitrogen and oxygen atoms in total. The predicted molar refractivity (Wildman–Crippen MR) is 85.7 cm³/mol. The van der Waals surface area contributed by atoms with Crippen LogP contribution >= 0.6 is 0 Å². The molecule has 1 amide bonds. The molecule has 0 unspecified atom stereocenters. The summed E-state index contributed by atoms with van der Waals surface area (Å²) in [5.41, 5.74) is 4.70. The molecular formula is C16H15N3O4. The second-order valence-electron chi connectivity index (χ2n) is 5.01. The maximum atomic E-state index is 11.9. The lowest BCUT2D eigenvalue weighted by atomic mass is 10.1. The molecule has 0 aliphatic rings. The van der Waals surface area contributed by atoms with Crippen molar-refractivity contribution in [1.82, 2.24) is 5.43 Å². The molecular weight excluding hydrogens is 298 g/mol. The Bertz CT molecular complexity index is 759. The number of nitrogens with one attached hydrogen (secondary N) is 1. The van der Waals surface area contributed by atoms with Crippen LogP contribution in [0.2, 0.25) is 0 Å². The topological polar surface area (TPSA) is 105 Å². The second-order valence-corrected chi connectivity index (χ2v) is 5.01. The Balaban J connectivity index is 2.05. The number of phenols is 1. The summed E-state index contributed by atoms with van der Waals surface area (Å²) >= 11 is 0. The number of aryl methyl sites for hydroxylation is 2. The summed E-state index contributed by atoms with van der Waals surface area (Å²) in [6.07, 6.45) is 1.46. The molecule has 0 aliphatic carbocycles. The normalized spacial score (nSPS) is 10.7. The number of hydrogen-bond acceptors (Lipinski definition) is 5. The van der Waals surface area contributed by atoms with Crippen LogP contribution in [0.4, 0.5) is 5.69 Å². The number of nitrogens with zero attached hydrogens (tertiary/aromatic N) is 2. The fraction of sp³-hybridized carbons (Fsp3) is 0.125. The number of hydrazone groups is 1. The van der Waals surface area contributed by atoms with Crippen LogP contribution in [0, 0.1) is 24.0 Å². The van der Waals surface area contributed by atoms with Gasteiger partial charge in [-0.05, 0) is 54.8 Å². The van der Waals surface area contributed by atoms with Gasteiger partial charge in [-0.25, -0.2) is 5.43 Å². The summed E-state index contributed by atoms with van der Waals surface area (Å²) in [6.45, 7) is 3.55. The lowest BCUT2D eigenvalue weighted by Crippen LogP contribution is -2.17. The third-order valence-corrected chi connectivity index (χ3v) is 3.23. The van der Waals surface area contributed by atoms with Crippen LogP contribution in [-0.2, 0) is 0 Å². The van der Waals surface area contributed by atoms with Gasteiger partial charge >= 0.3 is 0 Å². The van der Waals surface area contributed by atoms with Gasteiger partial charge < -0.3 is 5.11 Å². The highest BCUT2D eigenvalue weighted by molar-refractivity contribution is 5.95. The van der Waals surface area contributed by atoms with Gasteiger partial charge in [0.15, 0.2) is 0 Å². The molecule has 2 N–H and O–H groups in total. The molecule has 0 bridgehead atoms. The number of benzene rings is 2. The van der Waals surface area contributed by atoms with E-state index in [9.17, 15) is 20.0 Å². The van der Waals surface area contributed by atoms with Crippen LogP contribution in [0.5, 0.6) is 5.75 Å². The van der Waals surface area contributed by atoms with Crippen LogP contribution in [0.25, 0.3) is 0 Å². The number of hydrogen-bond donors (Lipinski definition) is 2. The smallest absolute Gasteiger partial charge is 0.271 e. The third kappa shape index (κ3) is 3.91. The first-order valence-electron chi connectivity index (χ1n) is 6.76. The Morgan fingerprint density at radius 3 is 2.30 bits per heavy atom. The summed E-state index contributed by atoms with van der Waals surface area (Å²) < 4.78 is 0. The summed E-state index contributed by atoms with van der Waals surface area (Å²) in [5.74, 6) is -0.236. The van der Waals surface area contributed by atoms with Crippen LogP contribution in [0.3, 0.4) is 0 Å². The van der Waals surface area contributed by atoms with Crippen LogP contribution in [0.1, 0.15) is 27.0 Å². The monoisotopic (exact) mass is 313 g/mol. The third-order valence-electron chi connectivity index (χ3n) is 3.23. The van der Waals surface area contributed by atoms with E-state index >= 15 is 0 Å². The number of carbonyl (C=O) groups excluding carboxylic acids is 1. The minimum absolute atomic E-state index is 0.0832. The van der Waals surface area contributed by atoms with Crippen molar-refractivity contribution in [2.75, 3.05) is 0 Å². The molecule has 7 heteroatoms. The Morgan fingerprint density at radius 1 is 1.22 bits per heavy atom. The number of nitro benzene ring substituents is 1. The largest absolute Gasteiger partial charge is 0.507 e. The number of nitro groups is 1. The summed E-state index contributed by atoms with van der Waals surface area (Å²) in [4.78, 5) is 21.9. The lowest BCUT2D eigenvalue weighted by molar-refractivity contribution is -0.384. The van der Waals surface area contributed by atoms with Gasteiger partial charge in [0.2, 0.25) is 0 Å². The van der Waals surface area contributed by atoms with Crippen molar-refractivity contribution < 1.29 is 14.8 Å². The maximum absolute atomic E-state index is 11.9. The van der Waals surface area contributed by atoms with Gasteiger partial charge in [-0.3, -0.25) is 14.9 Å². The van der Waals surface area contributed by atoms with Crippen LogP contribution < -0.4 is 5.43 Å². The molecule has 0 fully saturated rings. The Hall–Kier alpha value is -3.22. The lowest BCUT2D eigenvalue weighted by Gasteiger charge is -2.04. The highest BCUT2D eigenvalue weighted by Gasteiger charge is 2.08. The molecule has 23 heavy (non-hydrogen) atoms. The van der Waals surface area contributed by atoms with Crippen LogP contribution in [-0.4, -0.2) is 22.2 Å². The van der Waals surface area contributed by atoms with Crippen molar-refractivity contribution in [1.29, 1.82) is 0 Å². The summed E-state index contributed by atoms with van der Waals surface area (Å²) in [5, 5.41) is 24.1. The Morgan fingerprint density at radius 2 is 1.78 bits per heavy atom. The number of carbonyl (C=O) groups is 1. The average Bonchev–Trinajstić information content (AvgIpc) is 2.52. The number of non-ortho nitro benzene ring substituents is 1. The molecule has 0 radical (unpaired) electrons. The van der Waals surface area contributed by atoms with Crippen molar-refractivity contribution in [3.8, 4) is 5.75 Å². The molecule has 118 valence electrons. The number of aromatic hydroxyl groups is 1. The molecule has 2 aromatic rings. The van der Waals surface area contributed by atoms with Gasteiger partial charge in [-0.1, -0.05) is 0 Å². The van der Waals surface area contributed by atoms with Gasteiger partial charge in [0.25, 0.3) is 11.6 Å². The quantitative estimate of drug-likeness (QED) is 0.514. The number of phenolic OH excluding ortho intramolecular Hbond substituents is 1. The zero-order valence-corrected chi connectivity index (χ0v) is 12.6. The summed E-state index contributed by atoms with van der Waals surface area (Å²) in [6, 6.07) is 8.71. The number of amides is 1. The molecule has 0 heterocycles. The predicted octanol–water partition coefficient (Wildman–Crippen LogP) is 2.68. The van der Waals surface area contributed by atoms with E-state index in [1.807, 2.05) is 0 Å². The molecule has 0 atom stereocenters. The zero-order chi connectivity index (χ0) is 17.0. The van der Waals surface area contributed by atoms with Crippen molar-refractivity contribution in [2.45, 2.75) is 13.8 Å². The van der Waals surface area contributed by atoms with E-state index < -0.39 is 10.8 Å². The van der Waals surface area contributed by atoms with Gasteiger partial charge in [0, 0.05) is 17.7 Å². The molecule has 2 aromatic carbocycles. The summed E-state index contributed by atoms with van der Waals surface area (Å²) in [7, 11) is 0. The van der Waals surface area contributed by atoms with Crippen molar-refractivity contribution in [3.05, 3.63) is 68.8 Å². The zero-order valence-electron chi connectivity index (χ0n) is 12.6. The van der Waals surface area contributed by atoms with E-state index in [0.717, 1.165) is 5.56 Å². The van der Waals surface area contributed by atoms with Crippen molar-refractivity contribution >= 4 is 17.8 Å². The van der Waals surface area contributed by atoms with Gasteiger partial charge in [-0.2, -0.15) is 5.10 Å². The standard InChI is InChI=1S/C16H15N3O4/c1-10-7-12(8-11(2)15(10)20)9-17-18-16(21)13-3-5-14(6-4-13)19(22)23/h3-9,20H,1-2H3,(H,18,21). The minimum atomic E-state index is -0.532. The fourth-order valence-electron chi connectivity index (χ4n) is 2.03. The molecule has 0 saturated heterocycles. The molecule has 0 aliphatic heterocycles. The molecule has 2 rings (SSSR count). The maximum Gasteiger partial charge on any atom is 0.271 e. The first kappa shape index (κ1) is 16.2. The van der Waals surface area contributed by atoms with Gasteiger partial charge in [0.05, 0.1) is 11.1 Å². The van der Waals surface area contributed by atoms with Crippen molar-refractivity contribution in [3.63, 3.8) is 0 Å². The number of rotatable bonds is 4. The van der Waals surface area contributed by atoms with Gasteiger partial charge in [0.1, 0.15) is 5.75 Å². The van der Waals surface area contributed by atoms with E-state index in [-0.39, 0.29) is 17.0 Å². The van der Waals surface area contributed by atoms with E-state index in [1.165, 1.54) is 30.5 Å².